The molecule has 11 heteroatoms. The molecule has 0 heterocycles. The summed E-state index contributed by atoms with van der Waals surface area (Å²) < 4.78 is 3.52. The van der Waals surface area contributed by atoms with Gasteiger partial charge in [0.05, 0.1) is 0 Å². The van der Waals surface area contributed by atoms with Crippen molar-refractivity contribution in [3.05, 3.63) is 0 Å². The van der Waals surface area contributed by atoms with Crippen molar-refractivity contribution in [2.75, 3.05) is 6.54 Å². The van der Waals surface area contributed by atoms with Crippen LogP contribution in [-0.4, -0.2) is 53.1 Å². The topological polar surface area (TPSA) is 154 Å². The van der Waals surface area contributed by atoms with E-state index in [4.69, 9.17) is 11.0 Å². The number of carbonyl (C=O) groups excluding carboxylic acids is 2. The summed E-state index contributed by atoms with van der Waals surface area (Å²) in [5.41, 5.74) is 5.54. The Hall–Kier alpha value is -0.765. The molecule has 0 aromatic carbocycles. The van der Waals surface area contributed by atoms with E-state index in [2.05, 4.69) is 15.3 Å². The molecule has 0 radical (unpaired) electrons. The Balaban J connectivity index is 4.10. The third-order valence-electron chi connectivity index (χ3n) is 2.44. The van der Waals surface area contributed by atoms with Gasteiger partial charge in [-0.25, -0.2) is 0 Å². The van der Waals surface area contributed by atoms with Gasteiger partial charge in [0.2, 0.25) is 0 Å². The fraction of sp³-hybridized carbons (Fsp3) is 0.750. The molecule has 0 aliphatic carbocycles. The Bertz CT molecular complexity index is 319. The molecule has 2 unspecified atom stereocenters. The Morgan fingerprint density at radius 2 is 2.05 bits per heavy atom. The summed E-state index contributed by atoms with van der Waals surface area (Å²) in [5, 5.41) is 12.7. The van der Waals surface area contributed by atoms with Crippen molar-refractivity contribution in [1.29, 1.82) is 0 Å². The van der Waals surface area contributed by atoms with Crippen molar-refractivity contribution in [2.24, 2.45) is 5.73 Å². The van der Waals surface area contributed by atoms with Gasteiger partial charge in [-0.1, -0.05) is 0 Å². The van der Waals surface area contributed by atoms with Crippen molar-refractivity contribution in [3.8, 4) is 0 Å². The predicted molar refractivity (Wildman–Crippen MR) is 73.0 cm³/mol. The minimum absolute atomic E-state index is 0.351. The van der Waals surface area contributed by atoms with Gasteiger partial charge >= 0.3 is 111 Å². The van der Waals surface area contributed by atoms with Crippen LogP contribution in [0.1, 0.15) is 13.3 Å². The number of nitrogens with two attached hydrogens (primary N) is 1. The predicted octanol–water partition coefficient (Wildman–Crippen LogP) is -2.70. The second-order valence-corrected chi connectivity index (χ2v) is 6.52. The first kappa shape index (κ1) is 18.2. The summed E-state index contributed by atoms with van der Waals surface area (Å²) in [7, 11) is -2.47. The molecule has 2 atom stereocenters. The quantitative estimate of drug-likeness (QED) is 0.123. The third kappa shape index (κ3) is 6.81. The average molecular weight is 297 g/mol. The van der Waals surface area contributed by atoms with Crippen LogP contribution in [0.3, 0.4) is 0 Å². The van der Waals surface area contributed by atoms with Crippen molar-refractivity contribution in [1.82, 2.24) is 10.6 Å². The van der Waals surface area contributed by atoms with Crippen LogP contribution >= 0.6 is 7.94 Å². The molecule has 0 bridgehead atoms. The number of hydrogen-bond donors (Lipinski definition) is 6. The van der Waals surface area contributed by atoms with E-state index in [1.54, 1.807) is 0 Å². The molecular formula is C8H21BN3O6P. The van der Waals surface area contributed by atoms with Gasteiger partial charge in [0.1, 0.15) is 0 Å². The molecule has 0 saturated heterocycles. The molecule has 7 N–H and O–H groups in total. The van der Waals surface area contributed by atoms with Crippen LogP contribution in [0.4, 0.5) is 0 Å². The molecular weight excluding hydrogens is 276 g/mol. The zero-order valence-corrected chi connectivity index (χ0v) is 11.9. The Kier molecular flexibility index (Phi) is 8.08. The van der Waals surface area contributed by atoms with E-state index in [1.807, 2.05) is 7.85 Å². The van der Waals surface area contributed by atoms with E-state index < -0.39 is 31.6 Å². The summed E-state index contributed by atoms with van der Waals surface area (Å²) in [5.74, 6) is -2.27. The molecule has 19 heavy (non-hydrogen) atoms. The van der Waals surface area contributed by atoms with Gasteiger partial charge in [-0.2, -0.15) is 0 Å². The zero-order chi connectivity index (χ0) is 15.1. The number of nitrogens with one attached hydrogen (secondary N) is 2. The minimum atomic E-state index is -4.35. The summed E-state index contributed by atoms with van der Waals surface area (Å²) in [6, 6.07) is -0.680. The number of amides is 2. The molecule has 0 aromatic heterocycles. The van der Waals surface area contributed by atoms with E-state index in [1.165, 1.54) is 6.92 Å². The summed E-state index contributed by atoms with van der Waals surface area (Å²) in [6.45, 7) is 0.904. The second kappa shape index (κ2) is 8.41. The fourth-order valence-corrected chi connectivity index (χ4v) is 1.71. The molecule has 0 saturated carbocycles. The van der Waals surface area contributed by atoms with Gasteiger partial charge in [0.15, 0.2) is 0 Å². The number of rotatable bonds is 8. The molecule has 0 rings (SSSR count). The Morgan fingerprint density at radius 3 is 2.53 bits per heavy atom. The van der Waals surface area contributed by atoms with Crippen LogP contribution < -0.4 is 16.4 Å². The van der Waals surface area contributed by atoms with E-state index in [-0.39, 0.29) is 6.54 Å². The summed E-state index contributed by atoms with van der Waals surface area (Å²) in [4.78, 5) is 41.2. The van der Waals surface area contributed by atoms with Gasteiger partial charge in [0.25, 0.3) is 0 Å². The SMILES string of the molecule is BCCC(N)C(=O)NCC(=O)NC(C)[PH](O)(O)OO. The van der Waals surface area contributed by atoms with Gasteiger partial charge in [0, 0.05) is 0 Å². The molecule has 0 aliphatic heterocycles. The molecule has 0 aromatic rings. The van der Waals surface area contributed by atoms with Crippen LogP contribution in [0.5, 0.6) is 0 Å². The monoisotopic (exact) mass is 297 g/mol. The molecule has 112 valence electrons. The van der Waals surface area contributed by atoms with Crippen molar-refractivity contribution in [3.63, 3.8) is 0 Å². The van der Waals surface area contributed by atoms with Crippen LogP contribution in [0.15, 0.2) is 0 Å². The molecule has 0 aliphatic rings. The van der Waals surface area contributed by atoms with Crippen molar-refractivity contribution >= 4 is 27.6 Å². The summed E-state index contributed by atoms with van der Waals surface area (Å²) in [6.07, 6.45) is 1.25. The second-order valence-electron chi connectivity index (χ2n) is 4.15. The molecule has 9 nitrogen and oxygen atoms in total. The van der Waals surface area contributed by atoms with E-state index in [0.29, 0.717) is 6.42 Å². The van der Waals surface area contributed by atoms with Gasteiger partial charge in [-0.3, -0.25) is 0 Å². The van der Waals surface area contributed by atoms with Crippen LogP contribution in [-0.2, 0) is 14.3 Å². The first-order valence-electron chi connectivity index (χ1n) is 5.84. The molecule has 0 fully saturated rings. The van der Waals surface area contributed by atoms with Crippen molar-refractivity contribution in [2.45, 2.75) is 31.5 Å². The molecule has 0 spiro atoms. The van der Waals surface area contributed by atoms with Gasteiger partial charge in [-0.15, -0.1) is 0 Å². The first-order valence-corrected chi connectivity index (χ1v) is 7.72. The summed E-state index contributed by atoms with van der Waals surface area (Å²) >= 11 is 0. The van der Waals surface area contributed by atoms with Crippen LogP contribution in [0, 0.1) is 0 Å². The maximum absolute atomic E-state index is 11.4. The first-order chi connectivity index (χ1) is 8.74. The Labute approximate surface area is 112 Å². The number of hydrogen-bond acceptors (Lipinski definition) is 7. The van der Waals surface area contributed by atoms with Crippen molar-refractivity contribution < 1.29 is 29.3 Å². The average Bonchev–Trinajstić information content (AvgIpc) is 2.35. The van der Waals surface area contributed by atoms with Crippen LogP contribution in [0.25, 0.3) is 0 Å². The maximum atomic E-state index is 11.4. The van der Waals surface area contributed by atoms with E-state index in [9.17, 15) is 19.4 Å². The normalized spacial score (nSPS) is 15.4. The Morgan fingerprint density at radius 1 is 1.47 bits per heavy atom. The van der Waals surface area contributed by atoms with Gasteiger partial charge < -0.3 is 0 Å². The standard InChI is InChI=1S/C8H21BN3O6P/c1-5(19(16,17)18-15)12-7(13)4-11-8(14)6(10)2-3-9/h5-6,15-17,19H,2-4,9-10H2,1H3,(H,11,14)(H,12,13). The van der Waals surface area contributed by atoms with Crippen LogP contribution in [0.2, 0.25) is 6.32 Å². The number of carbonyl (C=O) groups is 2. The van der Waals surface area contributed by atoms with E-state index in [0.717, 1.165) is 6.32 Å². The van der Waals surface area contributed by atoms with E-state index >= 15 is 0 Å². The zero-order valence-electron chi connectivity index (χ0n) is 10.9. The van der Waals surface area contributed by atoms with Gasteiger partial charge in [-0.05, 0) is 0 Å². The molecule has 2 amide bonds. The fourth-order valence-electron chi connectivity index (χ4n) is 1.21. The third-order valence-corrected chi connectivity index (χ3v) is 3.98.